The highest BCUT2D eigenvalue weighted by molar-refractivity contribution is 9.10. The zero-order chi connectivity index (χ0) is 14.9. The summed E-state index contributed by atoms with van der Waals surface area (Å²) in [6, 6.07) is 6.79. The molecule has 0 saturated carbocycles. The molecule has 0 atom stereocenters. The average molecular weight is 358 g/mol. The lowest BCUT2D eigenvalue weighted by molar-refractivity contribution is 0.102. The Hall–Kier alpha value is -1.33. The van der Waals surface area contributed by atoms with E-state index in [9.17, 15) is 4.79 Å². The van der Waals surface area contributed by atoms with Crippen LogP contribution in [0.5, 0.6) is 0 Å². The largest absolute Gasteiger partial charge is 0.338 e. The van der Waals surface area contributed by atoms with Gasteiger partial charge in [-0.2, -0.15) is 0 Å². The number of anilines is 1. The monoisotopic (exact) mass is 356 g/mol. The molecule has 1 heterocycles. The van der Waals surface area contributed by atoms with E-state index in [1.165, 1.54) is 0 Å². The van der Waals surface area contributed by atoms with E-state index in [0.29, 0.717) is 16.5 Å². The fraction of sp³-hybridized carbons (Fsp3) is 0.286. The minimum atomic E-state index is -0.340. The van der Waals surface area contributed by atoms with Crippen LogP contribution in [0.25, 0.3) is 0 Å². The Kier molecular flexibility index (Phi) is 4.20. The summed E-state index contributed by atoms with van der Waals surface area (Å²) in [5.41, 5.74) is 1.00. The Labute approximate surface area is 130 Å². The first-order chi connectivity index (χ1) is 9.27. The van der Waals surface area contributed by atoms with Gasteiger partial charge < -0.3 is 4.52 Å². The number of hydrogen-bond donors (Lipinski definition) is 1. The van der Waals surface area contributed by atoms with Crippen molar-refractivity contribution in [1.29, 1.82) is 0 Å². The van der Waals surface area contributed by atoms with Crippen LogP contribution in [0.1, 0.15) is 36.8 Å². The first-order valence-corrected chi connectivity index (χ1v) is 7.18. The van der Waals surface area contributed by atoms with E-state index in [4.69, 9.17) is 16.1 Å². The van der Waals surface area contributed by atoms with Crippen LogP contribution in [0.3, 0.4) is 0 Å². The number of nitrogens with zero attached hydrogens (tertiary/aromatic N) is 1. The Morgan fingerprint density at radius 2 is 2.05 bits per heavy atom. The van der Waals surface area contributed by atoms with Gasteiger partial charge in [0.15, 0.2) is 0 Å². The van der Waals surface area contributed by atoms with Gasteiger partial charge in [-0.1, -0.05) is 53.5 Å². The van der Waals surface area contributed by atoms with Crippen molar-refractivity contribution < 1.29 is 9.32 Å². The van der Waals surface area contributed by atoms with Crippen LogP contribution in [-0.4, -0.2) is 11.1 Å². The molecule has 0 unspecified atom stereocenters. The van der Waals surface area contributed by atoms with Crippen LogP contribution in [0.15, 0.2) is 33.3 Å². The van der Waals surface area contributed by atoms with Crippen LogP contribution in [-0.2, 0) is 5.41 Å². The van der Waals surface area contributed by atoms with Gasteiger partial charge in [-0.15, -0.1) is 0 Å². The number of halogens is 2. The maximum absolute atomic E-state index is 12.1. The zero-order valence-corrected chi connectivity index (χ0v) is 13.7. The van der Waals surface area contributed by atoms with E-state index in [1.807, 2.05) is 20.8 Å². The summed E-state index contributed by atoms with van der Waals surface area (Å²) in [6.07, 6.45) is 0. The van der Waals surface area contributed by atoms with Crippen molar-refractivity contribution in [2.75, 3.05) is 5.32 Å². The third-order valence-corrected chi connectivity index (χ3v) is 3.51. The molecule has 1 N–H and O–H groups in total. The fourth-order valence-corrected chi connectivity index (χ4v) is 2.10. The number of nitrogens with one attached hydrogen (secondary N) is 1. The first kappa shape index (κ1) is 15.1. The molecule has 0 radical (unpaired) electrons. The Balaban J connectivity index is 2.20. The number of benzene rings is 1. The molecule has 0 aliphatic heterocycles. The lowest BCUT2D eigenvalue weighted by atomic mass is 9.92. The fourth-order valence-electron chi connectivity index (χ4n) is 1.54. The van der Waals surface area contributed by atoms with Gasteiger partial charge in [0.1, 0.15) is 0 Å². The van der Waals surface area contributed by atoms with E-state index in [0.717, 1.165) is 10.2 Å². The standard InChI is InChI=1S/C14H14BrClN2O2/c1-14(2,3)11-7-12(20-18-11)17-13(19)9-6-8(15)4-5-10(9)16/h4-7H,1-3H3,(H,17,19). The van der Waals surface area contributed by atoms with Gasteiger partial charge in [0.2, 0.25) is 5.88 Å². The van der Waals surface area contributed by atoms with E-state index in [-0.39, 0.29) is 11.3 Å². The maximum atomic E-state index is 12.1. The van der Waals surface area contributed by atoms with Crippen LogP contribution in [0, 0.1) is 0 Å². The lowest BCUT2D eigenvalue weighted by Gasteiger charge is -2.12. The van der Waals surface area contributed by atoms with E-state index in [2.05, 4.69) is 26.4 Å². The van der Waals surface area contributed by atoms with E-state index >= 15 is 0 Å². The van der Waals surface area contributed by atoms with Crippen LogP contribution >= 0.6 is 27.5 Å². The van der Waals surface area contributed by atoms with Gasteiger partial charge in [-0.3, -0.25) is 10.1 Å². The number of amides is 1. The molecule has 1 amide bonds. The molecule has 0 fully saturated rings. The molecular formula is C14H14BrClN2O2. The Bertz CT molecular complexity index is 647. The summed E-state index contributed by atoms with van der Waals surface area (Å²) in [7, 11) is 0. The number of carbonyl (C=O) groups is 1. The predicted molar refractivity (Wildman–Crippen MR) is 82.3 cm³/mol. The molecule has 0 spiro atoms. The summed E-state index contributed by atoms with van der Waals surface area (Å²) >= 11 is 9.31. The van der Waals surface area contributed by atoms with Crippen molar-refractivity contribution >= 4 is 39.3 Å². The van der Waals surface area contributed by atoms with Crippen molar-refractivity contribution in [2.24, 2.45) is 0 Å². The molecule has 2 rings (SSSR count). The van der Waals surface area contributed by atoms with Crippen LogP contribution in [0.2, 0.25) is 5.02 Å². The van der Waals surface area contributed by atoms with Gasteiger partial charge in [0.25, 0.3) is 5.91 Å². The molecule has 0 bridgehead atoms. The average Bonchev–Trinajstić information content (AvgIpc) is 2.80. The van der Waals surface area contributed by atoms with Crippen molar-refractivity contribution in [2.45, 2.75) is 26.2 Å². The quantitative estimate of drug-likeness (QED) is 0.852. The maximum Gasteiger partial charge on any atom is 0.259 e. The minimum absolute atomic E-state index is 0.139. The predicted octanol–water partition coefficient (Wildman–Crippen LogP) is 4.64. The third kappa shape index (κ3) is 3.41. The van der Waals surface area contributed by atoms with Crippen molar-refractivity contribution in [3.8, 4) is 0 Å². The van der Waals surface area contributed by atoms with Gasteiger partial charge in [0.05, 0.1) is 16.3 Å². The topological polar surface area (TPSA) is 55.1 Å². The van der Waals surface area contributed by atoms with Crippen LogP contribution < -0.4 is 5.32 Å². The number of hydrogen-bond acceptors (Lipinski definition) is 3. The van der Waals surface area contributed by atoms with E-state index in [1.54, 1.807) is 24.3 Å². The Morgan fingerprint density at radius 3 is 2.65 bits per heavy atom. The summed E-state index contributed by atoms with van der Waals surface area (Å²) in [4.78, 5) is 12.1. The molecule has 6 heteroatoms. The number of aromatic nitrogens is 1. The SMILES string of the molecule is CC(C)(C)c1cc(NC(=O)c2cc(Br)ccc2Cl)on1. The van der Waals surface area contributed by atoms with Gasteiger partial charge in [-0.25, -0.2) is 0 Å². The summed E-state index contributed by atoms with van der Waals surface area (Å²) in [5, 5.41) is 6.96. The van der Waals surface area contributed by atoms with Crippen molar-refractivity contribution in [3.63, 3.8) is 0 Å². The molecular weight excluding hydrogens is 344 g/mol. The number of carbonyl (C=O) groups excluding carboxylic acids is 1. The smallest absolute Gasteiger partial charge is 0.259 e. The van der Waals surface area contributed by atoms with Crippen molar-refractivity contribution in [3.05, 3.63) is 45.0 Å². The second kappa shape index (κ2) is 5.58. The molecule has 0 saturated heterocycles. The lowest BCUT2D eigenvalue weighted by Crippen LogP contribution is -2.13. The second-order valence-electron chi connectivity index (χ2n) is 5.40. The van der Waals surface area contributed by atoms with E-state index < -0.39 is 0 Å². The molecule has 0 aliphatic carbocycles. The molecule has 4 nitrogen and oxygen atoms in total. The molecule has 1 aromatic carbocycles. The van der Waals surface area contributed by atoms with Crippen molar-refractivity contribution in [1.82, 2.24) is 5.16 Å². The van der Waals surface area contributed by atoms with Crippen LogP contribution in [0.4, 0.5) is 5.88 Å². The summed E-state index contributed by atoms with van der Waals surface area (Å²) in [5.74, 6) is -0.0381. The van der Waals surface area contributed by atoms with Gasteiger partial charge >= 0.3 is 0 Å². The molecule has 20 heavy (non-hydrogen) atoms. The highest BCUT2D eigenvalue weighted by Crippen LogP contribution is 2.25. The summed E-state index contributed by atoms with van der Waals surface area (Å²) < 4.78 is 5.89. The molecule has 0 aliphatic rings. The molecule has 1 aromatic heterocycles. The number of rotatable bonds is 2. The third-order valence-electron chi connectivity index (χ3n) is 2.69. The summed E-state index contributed by atoms with van der Waals surface area (Å²) in [6.45, 7) is 6.05. The Morgan fingerprint density at radius 1 is 1.35 bits per heavy atom. The normalized spacial score (nSPS) is 11.4. The molecule has 2 aromatic rings. The first-order valence-electron chi connectivity index (χ1n) is 6.01. The highest BCUT2D eigenvalue weighted by Gasteiger charge is 2.20. The van der Waals surface area contributed by atoms with Gasteiger partial charge in [0, 0.05) is 16.0 Å². The molecule has 106 valence electrons. The minimum Gasteiger partial charge on any atom is -0.338 e. The van der Waals surface area contributed by atoms with Gasteiger partial charge in [-0.05, 0) is 18.2 Å². The zero-order valence-electron chi connectivity index (χ0n) is 11.3. The highest BCUT2D eigenvalue weighted by atomic mass is 79.9. The second-order valence-corrected chi connectivity index (χ2v) is 6.73.